The Balaban J connectivity index is 1.88. The summed E-state index contributed by atoms with van der Waals surface area (Å²) in [5.41, 5.74) is 1.23. The van der Waals surface area contributed by atoms with E-state index in [1.54, 1.807) is 19.1 Å². The van der Waals surface area contributed by atoms with Crippen LogP contribution in [0.2, 0.25) is 0 Å². The van der Waals surface area contributed by atoms with E-state index >= 15 is 0 Å². The van der Waals surface area contributed by atoms with Gasteiger partial charge < -0.3 is 4.52 Å². The predicted molar refractivity (Wildman–Crippen MR) is 75.3 cm³/mol. The summed E-state index contributed by atoms with van der Waals surface area (Å²) in [6.45, 7) is 1.69. The lowest BCUT2D eigenvalue weighted by atomic mass is 9.99. The normalized spacial score (nSPS) is 19.5. The molecule has 2 aromatic rings. The Bertz CT molecular complexity index is 666. The Kier molecular flexibility index (Phi) is 3.82. The fraction of sp³-hybridized carbons (Fsp3) is 0.438. The first-order valence-corrected chi connectivity index (χ1v) is 7.28. The molecule has 0 aliphatic heterocycles. The van der Waals surface area contributed by atoms with E-state index in [1.165, 1.54) is 6.07 Å². The molecule has 0 spiro atoms. The fourth-order valence-electron chi connectivity index (χ4n) is 2.70. The van der Waals surface area contributed by atoms with E-state index in [-0.39, 0.29) is 17.5 Å². The summed E-state index contributed by atoms with van der Waals surface area (Å²) in [4.78, 5) is 16.4. The summed E-state index contributed by atoms with van der Waals surface area (Å²) in [5.74, 6) is 0.429. The van der Waals surface area contributed by atoms with Crippen LogP contribution in [0.5, 0.6) is 0 Å². The first-order valence-electron chi connectivity index (χ1n) is 7.28. The topological polar surface area (TPSA) is 56.0 Å². The van der Waals surface area contributed by atoms with Crippen LogP contribution in [0.4, 0.5) is 4.39 Å². The number of aryl methyl sites for hydroxylation is 1. The maximum atomic E-state index is 13.3. The van der Waals surface area contributed by atoms with Gasteiger partial charge in [0.05, 0.1) is 5.92 Å². The lowest BCUT2D eigenvalue weighted by Gasteiger charge is -2.06. The molecule has 0 saturated heterocycles. The number of halogens is 1. The molecule has 1 atom stereocenters. The van der Waals surface area contributed by atoms with E-state index in [0.29, 0.717) is 29.3 Å². The van der Waals surface area contributed by atoms with Gasteiger partial charge in [0.15, 0.2) is 0 Å². The zero-order chi connectivity index (χ0) is 14.8. The van der Waals surface area contributed by atoms with Crippen LogP contribution in [0.1, 0.15) is 49.5 Å². The summed E-state index contributed by atoms with van der Waals surface area (Å²) in [6.07, 6.45) is 4.36. The minimum atomic E-state index is -0.282. The number of benzene rings is 1. The zero-order valence-corrected chi connectivity index (χ0v) is 11.9. The third-order valence-corrected chi connectivity index (χ3v) is 3.96. The highest BCUT2D eigenvalue weighted by atomic mass is 19.1. The molecular weight excluding hydrogens is 271 g/mol. The Hall–Kier alpha value is -2.04. The first-order chi connectivity index (χ1) is 10.1. The van der Waals surface area contributed by atoms with Gasteiger partial charge in [0.25, 0.3) is 0 Å². The number of aromatic nitrogens is 2. The molecule has 0 N–H and O–H groups in total. The highest BCUT2D eigenvalue weighted by Gasteiger charge is 2.27. The molecule has 0 amide bonds. The second-order valence-corrected chi connectivity index (χ2v) is 5.54. The molecule has 1 heterocycles. The Morgan fingerprint density at radius 1 is 1.29 bits per heavy atom. The highest BCUT2D eigenvalue weighted by Crippen LogP contribution is 2.29. The van der Waals surface area contributed by atoms with Gasteiger partial charge in [-0.15, -0.1) is 0 Å². The number of ketones is 1. The van der Waals surface area contributed by atoms with Crippen molar-refractivity contribution in [2.75, 3.05) is 0 Å². The number of hydrogen-bond acceptors (Lipinski definition) is 4. The van der Waals surface area contributed by atoms with Crippen LogP contribution in [-0.2, 0) is 4.79 Å². The van der Waals surface area contributed by atoms with Crippen molar-refractivity contribution >= 4 is 5.78 Å². The average molecular weight is 288 g/mol. The van der Waals surface area contributed by atoms with Crippen LogP contribution in [0, 0.1) is 12.7 Å². The third kappa shape index (κ3) is 2.86. The van der Waals surface area contributed by atoms with Crippen molar-refractivity contribution < 1.29 is 13.7 Å². The van der Waals surface area contributed by atoms with Gasteiger partial charge in [-0.05, 0) is 43.5 Å². The average Bonchev–Trinajstić information content (AvgIpc) is 2.85. The van der Waals surface area contributed by atoms with Crippen LogP contribution >= 0.6 is 0 Å². The minimum absolute atomic E-state index is 0.179. The molecule has 0 bridgehead atoms. The molecule has 1 fully saturated rings. The Morgan fingerprint density at radius 3 is 2.95 bits per heavy atom. The molecule has 5 heteroatoms. The summed E-state index contributed by atoms with van der Waals surface area (Å²) < 4.78 is 18.6. The predicted octanol–water partition coefficient (Wildman–Crippen LogP) is 3.80. The smallest absolute Gasteiger partial charge is 0.237 e. The first kappa shape index (κ1) is 13.9. The molecule has 110 valence electrons. The summed E-state index contributed by atoms with van der Waals surface area (Å²) >= 11 is 0. The van der Waals surface area contributed by atoms with E-state index in [0.717, 1.165) is 25.7 Å². The number of nitrogens with zero attached hydrogens (tertiary/aromatic N) is 2. The van der Waals surface area contributed by atoms with Crippen molar-refractivity contribution in [3.8, 4) is 11.4 Å². The summed E-state index contributed by atoms with van der Waals surface area (Å²) in [7, 11) is 0. The van der Waals surface area contributed by atoms with Gasteiger partial charge >= 0.3 is 0 Å². The standard InChI is InChI=1S/C16H17FN2O2/c1-10-9-11(7-8-13(10)17)15-18-16(21-19-15)12-5-3-2-4-6-14(12)20/h7-9,12H,2-6H2,1H3. The van der Waals surface area contributed by atoms with Crippen molar-refractivity contribution in [2.24, 2.45) is 0 Å². The van der Waals surface area contributed by atoms with Crippen molar-refractivity contribution in [3.05, 3.63) is 35.5 Å². The SMILES string of the molecule is Cc1cc(-c2noc(C3CCCCCC3=O)n2)ccc1F. The number of hydrogen-bond donors (Lipinski definition) is 0. The summed E-state index contributed by atoms with van der Waals surface area (Å²) in [5, 5.41) is 3.94. The maximum absolute atomic E-state index is 13.3. The number of Topliss-reactive ketones (excluding diaryl/α,β-unsaturated/α-hetero) is 1. The highest BCUT2D eigenvalue weighted by molar-refractivity contribution is 5.85. The van der Waals surface area contributed by atoms with E-state index in [1.807, 2.05) is 0 Å². The molecule has 21 heavy (non-hydrogen) atoms. The van der Waals surface area contributed by atoms with Crippen LogP contribution in [0.25, 0.3) is 11.4 Å². The summed E-state index contributed by atoms with van der Waals surface area (Å²) in [6, 6.07) is 4.68. The second kappa shape index (κ2) is 5.76. The number of carbonyl (C=O) groups excluding carboxylic acids is 1. The Morgan fingerprint density at radius 2 is 2.14 bits per heavy atom. The third-order valence-electron chi connectivity index (χ3n) is 3.96. The Labute approximate surface area is 122 Å². The van der Waals surface area contributed by atoms with E-state index in [2.05, 4.69) is 10.1 Å². The molecule has 1 saturated carbocycles. The van der Waals surface area contributed by atoms with Crippen LogP contribution in [0.3, 0.4) is 0 Å². The molecule has 1 aromatic heterocycles. The van der Waals surface area contributed by atoms with E-state index in [4.69, 9.17) is 4.52 Å². The van der Waals surface area contributed by atoms with Gasteiger partial charge in [-0.1, -0.05) is 18.0 Å². The largest absolute Gasteiger partial charge is 0.338 e. The van der Waals surface area contributed by atoms with Crippen LogP contribution in [-0.4, -0.2) is 15.9 Å². The molecule has 3 rings (SSSR count). The molecule has 4 nitrogen and oxygen atoms in total. The van der Waals surface area contributed by atoms with Crippen molar-refractivity contribution in [1.29, 1.82) is 0 Å². The zero-order valence-electron chi connectivity index (χ0n) is 11.9. The van der Waals surface area contributed by atoms with Gasteiger partial charge in [0.1, 0.15) is 11.6 Å². The van der Waals surface area contributed by atoms with Gasteiger partial charge in [0, 0.05) is 12.0 Å². The minimum Gasteiger partial charge on any atom is -0.338 e. The fourth-order valence-corrected chi connectivity index (χ4v) is 2.70. The van der Waals surface area contributed by atoms with E-state index in [9.17, 15) is 9.18 Å². The lowest BCUT2D eigenvalue weighted by molar-refractivity contribution is -0.120. The lowest BCUT2D eigenvalue weighted by Crippen LogP contribution is -2.10. The molecule has 1 aromatic carbocycles. The monoisotopic (exact) mass is 288 g/mol. The quantitative estimate of drug-likeness (QED) is 0.789. The van der Waals surface area contributed by atoms with Gasteiger partial charge in [-0.3, -0.25) is 4.79 Å². The van der Waals surface area contributed by atoms with Crippen molar-refractivity contribution in [2.45, 2.75) is 44.9 Å². The van der Waals surface area contributed by atoms with Gasteiger partial charge in [-0.25, -0.2) is 4.39 Å². The second-order valence-electron chi connectivity index (χ2n) is 5.54. The van der Waals surface area contributed by atoms with Crippen molar-refractivity contribution in [1.82, 2.24) is 10.1 Å². The van der Waals surface area contributed by atoms with Crippen LogP contribution < -0.4 is 0 Å². The number of carbonyl (C=O) groups is 1. The van der Waals surface area contributed by atoms with Gasteiger partial charge in [-0.2, -0.15) is 4.98 Å². The molecule has 1 aliphatic rings. The molecule has 0 radical (unpaired) electrons. The maximum Gasteiger partial charge on any atom is 0.237 e. The van der Waals surface area contributed by atoms with Gasteiger partial charge in [0.2, 0.25) is 11.7 Å². The van der Waals surface area contributed by atoms with E-state index < -0.39 is 0 Å². The van der Waals surface area contributed by atoms with Crippen LogP contribution in [0.15, 0.2) is 22.7 Å². The number of rotatable bonds is 2. The molecule has 1 aliphatic carbocycles. The van der Waals surface area contributed by atoms with Crippen molar-refractivity contribution in [3.63, 3.8) is 0 Å². The molecular formula is C16H17FN2O2. The molecule has 1 unspecified atom stereocenters.